The van der Waals surface area contributed by atoms with Gasteiger partial charge in [-0.3, -0.25) is 0 Å². The minimum absolute atomic E-state index is 0.323. The minimum atomic E-state index is 0.323. The van der Waals surface area contributed by atoms with Gasteiger partial charge in [-0.05, 0) is 41.8 Å². The van der Waals surface area contributed by atoms with Gasteiger partial charge in [-0.25, -0.2) is 4.98 Å². The smallest absolute Gasteiger partial charge is 0.0925 e. The summed E-state index contributed by atoms with van der Waals surface area (Å²) >= 11 is 3.63. The van der Waals surface area contributed by atoms with Crippen molar-refractivity contribution in [3.63, 3.8) is 0 Å². The van der Waals surface area contributed by atoms with Crippen LogP contribution in [0.25, 0.3) is 10.8 Å². The van der Waals surface area contributed by atoms with Crippen LogP contribution >= 0.6 is 15.9 Å². The van der Waals surface area contributed by atoms with Crippen molar-refractivity contribution in [1.82, 2.24) is 9.97 Å². The Balaban J connectivity index is 2.24. The molecule has 0 saturated carbocycles. The zero-order valence-electron chi connectivity index (χ0n) is 11.7. The second-order valence-corrected chi connectivity index (χ2v) is 6.01. The fourth-order valence-electron chi connectivity index (χ4n) is 2.87. The second kappa shape index (κ2) is 5.41. The minimum Gasteiger partial charge on any atom is -0.348 e. The Bertz CT molecular complexity index is 746. The van der Waals surface area contributed by atoms with Crippen molar-refractivity contribution in [3.05, 3.63) is 64.1 Å². The third-order valence-electron chi connectivity index (χ3n) is 3.84. The van der Waals surface area contributed by atoms with Gasteiger partial charge in [0.25, 0.3) is 0 Å². The van der Waals surface area contributed by atoms with Gasteiger partial charge in [-0.15, -0.1) is 0 Å². The number of rotatable bonds is 3. The van der Waals surface area contributed by atoms with Crippen molar-refractivity contribution >= 4 is 26.7 Å². The fourth-order valence-corrected chi connectivity index (χ4v) is 3.37. The van der Waals surface area contributed by atoms with Gasteiger partial charge in [-0.2, -0.15) is 0 Å². The molecular formula is C17H17BrN2. The van der Waals surface area contributed by atoms with Crippen LogP contribution in [-0.4, -0.2) is 9.97 Å². The van der Waals surface area contributed by atoms with Gasteiger partial charge in [0.1, 0.15) is 0 Å². The van der Waals surface area contributed by atoms with E-state index in [2.05, 4.69) is 76.1 Å². The molecule has 2 aromatic carbocycles. The molecule has 3 heteroatoms. The molecule has 102 valence electrons. The van der Waals surface area contributed by atoms with Gasteiger partial charge in [0.05, 0.1) is 12.0 Å². The first kappa shape index (κ1) is 13.4. The third kappa shape index (κ3) is 2.27. The second-order valence-electron chi connectivity index (χ2n) is 5.09. The molecule has 3 rings (SSSR count). The first-order valence-electron chi connectivity index (χ1n) is 6.88. The number of fused-ring (bicyclic) bond motifs is 1. The zero-order chi connectivity index (χ0) is 14.1. The molecule has 20 heavy (non-hydrogen) atoms. The van der Waals surface area contributed by atoms with Gasteiger partial charge in [0.15, 0.2) is 0 Å². The quantitative estimate of drug-likeness (QED) is 0.705. The molecule has 0 fully saturated rings. The van der Waals surface area contributed by atoms with E-state index in [9.17, 15) is 0 Å². The van der Waals surface area contributed by atoms with Crippen LogP contribution in [0.5, 0.6) is 0 Å². The normalized spacial score (nSPS) is 12.8. The van der Waals surface area contributed by atoms with Gasteiger partial charge < -0.3 is 4.98 Å². The number of aryl methyl sites for hydroxylation is 1. The average molecular weight is 329 g/mol. The van der Waals surface area contributed by atoms with Crippen molar-refractivity contribution in [1.29, 1.82) is 0 Å². The van der Waals surface area contributed by atoms with Crippen LogP contribution in [0.1, 0.15) is 36.2 Å². The summed E-state index contributed by atoms with van der Waals surface area (Å²) in [5.41, 5.74) is 3.64. The number of aromatic amines is 1. The van der Waals surface area contributed by atoms with Gasteiger partial charge in [0, 0.05) is 16.1 Å². The standard InChI is InChI=1S/C17H17BrN2/c1-3-14(17-11(2)19-10-20-17)16-9-13(18)8-12-6-4-5-7-15(12)16/h4-10,14H,3H2,1-2H3,(H,19,20). The van der Waals surface area contributed by atoms with Crippen LogP contribution in [-0.2, 0) is 0 Å². The van der Waals surface area contributed by atoms with E-state index in [1.54, 1.807) is 6.33 Å². The lowest BCUT2D eigenvalue weighted by Gasteiger charge is -2.17. The summed E-state index contributed by atoms with van der Waals surface area (Å²) in [6.07, 6.45) is 2.82. The highest BCUT2D eigenvalue weighted by Crippen LogP contribution is 2.35. The number of hydrogen-bond acceptors (Lipinski definition) is 1. The van der Waals surface area contributed by atoms with E-state index < -0.39 is 0 Å². The molecule has 1 heterocycles. The van der Waals surface area contributed by atoms with Crippen LogP contribution < -0.4 is 0 Å². The molecule has 1 aromatic heterocycles. The summed E-state index contributed by atoms with van der Waals surface area (Å²) in [4.78, 5) is 7.72. The van der Waals surface area contributed by atoms with Crippen molar-refractivity contribution < 1.29 is 0 Å². The molecule has 3 aromatic rings. The maximum atomic E-state index is 4.53. The summed E-state index contributed by atoms with van der Waals surface area (Å²) in [5, 5.41) is 2.58. The van der Waals surface area contributed by atoms with Crippen molar-refractivity contribution in [2.75, 3.05) is 0 Å². The Morgan fingerprint density at radius 1 is 1.25 bits per heavy atom. The van der Waals surface area contributed by atoms with Gasteiger partial charge in [0.2, 0.25) is 0 Å². The Labute approximate surface area is 127 Å². The Hall–Kier alpha value is -1.61. The monoisotopic (exact) mass is 328 g/mol. The van der Waals surface area contributed by atoms with E-state index in [4.69, 9.17) is 0 Å². The van der Waals surface area contributed by atoms with E-state index >= 15 is 0 Å². The van der Waals surface area contributed by atoms with E-state index in [1.807, 2.05) is 0 Å². The fraction of sp³-hybridized carbons (Fsp3) is 0.235. The number of aromatic nitrogens is 2. The van der Waals surface area contributed by atoms with Crippen LogP contribution in [0.15, 0.2) is 47.2 Å². The lowest BCUT2D eigenvalue weighted by molar-refractivity contribution is 0.754. The highest BCUT2D eigenvalue weighted by molar-refractivity contribution is 9.10. The first-order valence-corrected chi connectivity index (χ1v) is 7.68. The summed E-state index contributed by atoms with van der Waals surface area (Å²) < 4.78 is 1.12. The van der Waals surface area contributed by atoms with E-state index in [0.717, 1.165) is 22.3 Å². The lowest BCUT2D eigenvalue weighted by atomic mass is 9.88. The Morgan fingerprint density at radius 2 is 2.05 bits per heavy atom. The number of nitrogens with one attached hydrogen (secondary N) is 1. The van der Waals surface area contributed by atoms with E-state index in [-0.39, 0.29) is 0 Å². The summed E-state index contributed by atoms with van der Waals surface area (Å²) in [6, 6.07) is 12.9. The van der Waals surface area contributed by atoms with Crippen molar-refractivity contribution in [2.45, 2.75) is 26.2 Å². The molecule has 0 aliphatic heterocycles. The summed E-state index contributed by atoms with van der Waals surface area (Å²) in [6.45, 7) is 4.31. The maximum Gasteiger partial charge on any atom is 0.0925 e. The maximum absolute atomic E-state index is 4.53. The van der Waals surface area contributed by atoms with E-state index in [1.165, 1.54) is 16.3 Å². The first-order chi connectivity index (χ1) is 9.70. The number of benzene rings is 2. The highest BCUT2D eigenvalue weighted by atomic mass is 79.9. The van der Waals surface area contributed by atoms with Crippen LogP contribution in [0, 0.1) is 6.92 Å². The summed E-state index contributed by atoms with van der Waals surface area (Å²) in [5.74, 6) is 0.323. The molecule has 0 amide bonds. The SMILES string of the molecule is CCC(c1nc[nH]c1C)c1cc(Br)cc2ccccc12. The lowest BCUT2D eigenvalue weighted by Crippen LogP contribution is -2.03. The van der Waals surface area contributed by atoms with Gasteiger partial charge in [-0.1, -0.05) is 47.1 Å². The molecule has 0 saturated heterocycles. The third-order valence-corrected chi connectivity index (χ3v) is 4.30. The van der Waals surface area contributed by atoms with Gasteiger partial charge >= 0.3 is 0 Å². The number of hydrogen-bond donors (Lipinski definition) is 1. The Kier molecular flexibility index (Phi) is 3.62. The highest BCUT2D eigenvalue weighted by Gasteiger charge is 2.19. The molecule has 1 atom stereocenters. The zero-order valence-corrected chi connectivity index (χ0v) is 13.2. The molecule has 0 spiro atoms. The largest absolute Gasteiger partial charge is 0.348 e. The van der Waals surface area contributed by atoms with Crippen LogP contribution in [0.3, 0.4) is 0 Å². The predicted molar refractivity (Wildman–Crippen MR) is 87.1 cm³/mol. The average Bonchev–Trinajstić information content (AvgIpc) is 2.86. The molecule has 2 nitrogen and oxygen atoms in total. The number of H-pyrrole nitrogens is 1. The Morgan fingerprint density at radius 3 is 2.75 bits per heavy atom. The molecular weight excluding hydrogens is 312 g/mol. The van der Waals surface area contributed by atoms with Crippen molar-refractivity contribution in [3.8, 4) is 0 Å². The van der Waals surface area contributed by atoms with Crippen molar-refractivity contribution in [2.24, 2.45) is 0 Å². The summed E-state index contributed by atoms with van der Waals surface area (Å²) in [7, 11) is 0. The van der Waals surface area contributed by atoms with Crippen LogP contribution in [0.2, 0.25) is 0 Å². The topological polar surface area (TPSA) is 28.7 Å². The van der Waals surface area contributed by atoms with Crippen LogP contribution in [0.4, 0.5) is 0 Å². The molecule has 1 N–H and O–H groups in total. The molecule has 0 aliphatic carbocycles. The van der Waals surface area contributed by atoms with E-state index in [0.29, 0.717) is 5.92 Å². The number of imidazole rings is 1. The molecule has 0 bridgehead atoms. The number of nitrogens with zero attached hydrogens (tertiary/aromatic N) is 1. The number of halogens is 1. The molecule has 1 unspecified atom stereocenters. The molecule has 0 radical (unpaired) electrons. The predicted octanol–water partition coefficient (Wildman–Crippen LogP) is 5.18. The molecule has 0 aliphatic rings.